The van der Waals surface area contributed by atoms with Gasteiger partial charge in [0.15, 0.2) is 0 Å². The van der Waals surface area contributed by atoms with Gasteiger partial charge in [-0.05, 0) is 19.3 Å². The second-order valence-electron chi connectivity index (χ2n) is 4.23. The summed E-state index contributed by atoms with van der Waals surface area (Å²) in [4.78, 5) is 11.8. The summed E-state index contributed by atoms with van der Waals surface area (Å²) in [6.07, 6.45) is 6.85. The minimum atomic E-state index is -0.0913. The predicted octanol–water partition coefficient (Wildman–Crippen LogP) is 2.76. The molecule has 2 fully saturated rings. The van der Waals surface area contributed by atoms with E-state index in [-0.39, 0.29) is 10.7 Å². The van der Waals surface area contributed by atoms with E-state index in [1.165, 1.54) is 19.3 Å². The van der Waals surface area contributed by atoms with E-state index in [0.29, 0.717) is 11.9 Å². The minimum Gasteiger partial charge on any atom is -0.465 e. The number of fused-ring (bicyclic) bond motifs is 1. The fourth-order valence-corrected chi connectivity index (χ4v) is 3.64. The summed E-state index contributed by atoms with van der Waals surface area (Å²) < 4.78 is 5.22. The summed E-state index contributed by atoms with van der Waals surface area (Å²) in [7, 11) is 0. The molecule has 2 rings (SSSR count). The van der Waals surface area contributed by atoms with E-state index in [4.69, 9.17) is 4.74 Å². The number of hydrogen-bond donors (Lipinski definition) is 0. The highest BCUT2D eigenvalue weighted by Gasteiger charge is 2.62. The molecule has 14 heavy (non-hydrogen) atoms. The molecule has 0 spiro atoms. The van der Waals surface area contributed by atoms with E-state index in [9.17, 15) is 4.79 Å². The summed E-state index contributed by atoms with van der Waals surface area (Å²) >= 11 is 1.84. The lowest BCUT2D eigenvalue weighted by atomic mass is 9.89. The van der Waals surface area contributed by atoms with Crippen molar-refractivity contribution in [1.29, 1.82) is 0 Å². The summed E-state index contributed by atoms with van der Waals surface area (Å²) in [6.45, 7) is 2.73. The van der Waals surface area contributed by atoms with Crippen molar-refractivity contribution in [2.45, 2.75) is 55.4 Å². The number of hydrogen-bond acceptors (Lipinski definition) is 3. The van der Waals surface area contributed by atoms with E-state index < -0.39 is 0 Å². The van der Waals surface area contributed by atoms with Gasteiger partial charge in [0.25, 0.3) is 0 Å². The first kappa shape index (κ1) is 10.3. The third-order valence-corrected chi connectivity index (χ3v) is 4.90. The van der Waals surface area contributed by atoms with Crippen molar-refractivity contribution >= 4 is 17.7 Å². The average molecular weight is 214 g/mol. The molecule has 0 aromatic rings. The van der Waals surface area contributed by atoms with Crippen molar-refractivity contribution in [2.75, 3.05) is 6.61 Å². The van der Waals surface area contributed by atoms with Crippen LogP contribution in [0.25, 0.3) is 0 Å². The first-order valence-electron chi connectivity index (χ1n) is 5.64. The summed E-state index contributed by atoms with van der Waals surface area (Å²) in [5.41, 5.74) is 0. The van der Waals surface area contributed by atoms with Crippen LogP contribution in [0.4, 0.5) is 0 Å². The molecule has 0 N–H and O–H groups in total. The fourth-order valence-electron chi connectivity index (χ4n) is 2.16. The quantitative estimate of drug-likeness (QED) is 0.409. The van der Waals surface area contributed by atoms with Crippen LogP contribution in [-0.4, -0.2) is 22.6 Å². The molecule has 0 bridgehead atoms. The van der Waals surface area contributed by atoms with Crippen LogP contribution in [0, 0.1) is 0 Å². The average Bonchev–Trinajstić information content (AvgIpc) is 2.93. The topological polar surface area (TPSA) is 26.3 Å². The summed E-state index contributed by atoms with van der Waals surface area (Å²) in [6, 6.07) is 0. The molecule has 1 saturated carbocycles. The molecule has 0 amide bonds. The Kier molecular flexibility index (Phi) is 3.05. The van der Waals surface area contributed by atoms with E-state index in [1.807, 2.05) is 11.8 Å². The maximum absolute atomic E-state index is 11.8. The molecule has 1 saturated heterocycles. The molecule has 0 aromatic carbocycles. The zero-order valence-electron chi connectivity index (χ0n) is 8.75. The van der Waals surface area contributed by atoms with Gasteiger partial charge in [-0.2, -0.15) is 0 Å². The predicted molar refractivity (Wildman–Crippen MR) is 58.4 cm³/mol. The Hall–Kier alpha value is -0.180. The van der Waals surface area contributed by atoms with Gasteiger partial charge in [0.05, 0.1) is 6.61 Å². The molecular weight excluding hydrogens is 196 g/mol. The molecule has 80 valence electrons. The fraction of sp³-hybridized carbons (Fsp3) is 0.909. The Morgan fingerprint density at radius 1 is 1.57 bits per heavy atom. The van der Waals surface area contributed by atoms with Gasteiger partial charge in [0.2, 0.25) is 0 Å². The smallest absolute Gasteiger partial charge is 0.323 e. The number of rotatable bonds is 4. The lowest BCUT2D eigenvalue weighted by molar-refractivity contribution is -0.146. The molecule has 0 radical (unpaired) electrons. The normalized spacial score (nSPS) is 34.8. The Bertz CT molecular complexity index is 229. The molecule has 1 heterocycles. The second-order valence-corrected chi connectivity index (χ2v) is 5.76. The van der Waals surface area contributed by atoms with E-state index in [0.717, 1.165) is 19.3 Å². The maximum Gasteiger partial charge on any atom is 0.323 e. The van der Waals surface area contributed by atoms with Crippen LogP contribution in [0.3, 0.4) is 0 Å². The number of carbonyl (C=O) groups excluding carboxylic acids is 1. The molecule has 2 aliphatic rings. The molecule has 2 nitrogen and oxygen atoms in total. The van der Waals surface area contributed by atoms with Crippen molar-refractivity contribution in [3.63, 3.8) is 0 Å². The van der Waals surface area contributed by atoms with Crippen molar-refractivity contribution in [1.82, 2.24) is 0 Å². The van der Waals surface area contributed by atoms with Crippen LogP contribution in [-0.2, 0) is 9.53 Å². The third-order valence-electron chi connectivity index (χ3n) is 3.16. The van der Waals surface area contributed by atoms with Gasteiger partial charge in [0.1, 0.15) is 4.75 Å². The number of carbonyl (C=O) groups is 1. The number of esters is 1. The van der Waals surface area contributed by atoms with Gasteiger partial charge in [-0.3, -0.25) is 4.79 Å². The van der Waals surface area contributed by atoms with Gasteiger partial charge in [-0.1, -0.05) is 26.2 Å². The number of unbranched alkanes of at least 4 members (excludes halogenated alkanes) is 1. The van der Waals surface area contributed by atoms with Gasteiger partial charge in [-0.15, -0.1) is 11.8 Å². The molecule has 2 atom stereocenters. The monoisotopic (exact) mass is 214 g/mol. The van der Waals surface area contributed by atoms with Crippen molar-refractivity contribution in [3.8, 4) is 0 Å². The van der Waals surface area contributed by atoms with Gasteiger partial charge in [-0.25, -0.2) is 0 Å². The third kappa shape index (κ3) is 1.79. The Morgan fingerprint density at radius 3 is 3.14 bits per heavy atom. The summed E-state index contributed by atoms with van der Waals surface area (Å²) in [5, 5.41) is 0.588. The first-order valence-corrected chi connectivity index (χ1v) is 6.52. The van der Waals surface area contributed by atoms with Crippen LogP contribution in [0.2, 0.25) is 0 Å². The highest BCUT2D eigenvalue weighted by atomic mass is 32.2. The maximum atomic E-state index is 11.8. The Balaban J connectivity index is 1.80. The van der Waals surface area contributed by atoms with Crippen LogP contribution in [0.5, 0.6) is 0 Å². The summed E-state index contributed by atoms with van der Waals surface area (Å²) in [5.74, 6) is 0.0700. The number of ether oxygens (including phenoxy) is 1. The Morgan fingerprint density at radius 2 is 2.43 bits per heavy atom. The lowest BCUT2D eigenvalue weighted by Crippen LogP contribution is -2.31. The molecule has 2 unspecified atom stereocenters. The highest BCUT2D eigenvalue weighted by Crippen LogP contribution is 2.62. The highest BCUT2D eigenvalue weighted by molar-refractivity contribution is 8.09. The van der Waals surface area contributed by atoms with Crippen LogP contribution >= 0.6 is 11.8 Å². The van der Waals surface area contributed by atoms with E-state index in [2.05, 4.69) is 6.92 Å². The van der Waals surface area contributed by atoms with Gasteiger partial charge in [0, 0.05) is 5.25 Å². The first-order chi connectivity index (χ1) is 6.79. The molecule has 3 heteroatoms. The second kappa shape index (κ2) is 4.13. The van der Waals surface area contributed by atoms with Crippen molar-refractivity contribution < 1.29 is 9.53 Å². The van der Waals surface area contributed by atoms with Crippen LogP contribution in [0.15, 0.2) is 0 Å². The largest absolute Gasteiger partial charge is 0.465 e. The molecule has 1 aliphatic carbocycles. The molecule has 1 aliphatic heterocycles. The van der Waals surface area contributed by atoms with Crippen molar-refractivity contribution in [3.05, 3.63) is 0 Å². The van der Waals surface area contributed by atoms with Gasteiger partial charge >= 0.3 is 5.97 Å². The molecule has 0 aromatic heterocycles. The minimum absolute atomic E-state index is 0.0700. The van der Waals surface area contributed by atoms with E-state index in [1.54, 1.807) is 0 Å². The van der Waals surface area contributed by atoms with Crippen LogP contribution in [0.1, 0.15) is 45.4 Å². The molecular formula is C11H18O2S. The van der Waals surface area contributed by atoms with E-state index >= 15 is 0 Å². The standard InChI is InChI=1S/C11H18O2S/c1-2-3-8-13-10(12)11-7-5-4-6-9(11)14-11/h9H,2-8H2,1H3. The zero-order chi connectivity index (χ0) is 10.0. The van der Waals surface area contributed by atoms with Crippen molar-refractivity contribution in [2.24, 2.45) is 0 Å². The SMILES string of the molecule is CCCCOC(=O)C12CCCCC1S2. The zero-order valence-corrected chi connectivity index (χ0v) is 9.57. The van der Waals surface area contributed by atoms with Gasteiger partial charge < -0.3 is 4.74 Å². The lowest BCUT2D eigenvalue weighted by Gasteiger charge is -2.17. The Labute approximate surface area is 89.8 Å². The van der Waals surface area contributed by atoms with Crippen LogP contribution < -0.4 is 0 Å². The number of thioether (sulfide) groups is 1.